The number of hydrogen-bond donors (Lipinski definition) is 0. The van der Waals surface area contributed by atoms with Gasteiger partial charge in [0.1, 0.15) is 0 Å². The second-order valence-corrected chi connectivity index (χ2v) is 5.60. The Morgan fingerprint density at radius 3 is 2.29 bits per heavy atom. The number of carbonyl (C=O) groups excluding carboxylic acids is 1. The van der Waals surface area contributed by atoms with E-state index in [0.29, 0.717) is 12.3 Å². The van der Waals surface area contributed by atoms with Crippen LogP contribution in [0.3, 0.4) is 0 Å². The molecule has 0 spiro atoms. The Bertz CT molecular complexity index is 571. The van der Waals surface area contributed by atoms with Crippen LogP contribution in [0.25, 0.3) is 0 Å². The van der Waals surface area contributed by atoms with Crippen LogP contribution in [0.15, 0.2) is 54.6 Å². The van der Waals surface area contributed by atoms with Gasteiger partial charge in [0.2, 0.25) is 0 Å². The van der Waals surface area contributed by atoms with Gasteiger partial charge in [-0.25, -0.2) is 0 Å². The van der Waals surface area contributed by atoms with E-state index >= 15 is 0 Å². The molecule has 0 heterocycles. The van der Waals surface area contributed by atoms with Gasteiger partial charge in [0, 0.05) is 12.0 Å². The van der Waals surface area contributed by atoms with Gasteiger partial charge < -0.3 is 0 Å². The van der Waals surface area contributed by atoms with E-state index in [1.165, 1.54) is 5.56 Å². The van der Waals surface area contributed by atoms with Crippen molar-refractivity contribution in [3.8, 4) is 0 Å². The van der Waals surface area contributed by atoms with Crippen LogP contribution in [0, 0.1) is 5.92 Å². The number of benzene rings is 2. The van der Waals surface area contributed by atoms with Crippen molar-refractivity contribution in [3.63, 3.8) is 0 Å². The first-order chi connectivity index (χ1) is 10.2. The first-order valence-electron chi connectivity index (χ1n) is 7.89. The first-order valence-corrected chi connectivity index (χ1v) is 7.89. The third kappa shape index (κ3) is 4.29. The molecular formula is C20H24O. The van der Waals surface area contributed by atoms with Crippen LogP contribution in [0.5, 0.6) is 0 Å². The summed E-state index contributed by atoms with van der Waals surface area (Å²) in [6.45, 7) is 4.28. The predicted octanol–water partition coefficient (Wildman–Crippen LogP) is 5.09. The average Bonchev–Trinajstić information content (AvgIpc) is 2.55. The Morgan fingerprint density at radius 2 is 1.62 bits per heavy atom. The standard InChI is InChI=1S/C20H24O/c1-3-16(14-17-10-6-5-7-11-17)15-20(21)19-13-9-8-12-18(19)4-2/h5-13,16H,3-4,14-15H2,1-2H3. The minimum absolute atomic E-state index is 0.287. The van der Waals surface area contributed by atoms with Crippen molar-refractivity contribution in [2.75, 3.05) is 0 Å². The topological polar surface area (TPSA) is 17.1 Å². The van der Waals surface area contributed by atoms with E-state index in [1.807, 2.05) is 24.3 Å². The summed E-state index contributed by atoms with van der Waals surface area (Å²) in [5.74, 6) is 0.708. The number of Topliss-reactive ketones (excluding diaryl/α,β-unsaturated/α-hetero) is 1. The van der Waals surface area contributed by atoms with Crippen LogP contribution in [0.2, 0.25) is 0 Å². The molecule has 0 saturated carbocycles. The number of aryl methyl sites for hydroxylation is 1. The minimum Gasteiger partial charge on any atom is -0.294 e. The third-order valence-electron chi connectivity index (χ3n) is 4.12. The van der Waals surface area contributed by atoms with Gasteiger partial charge in [-0.2, -0.15) is 0 Å². The normalized spacial score (nSPS) is 12.1. The second kappa shape index (κ2) is 7.78. The summed E-state index contributed by atoms with van der Waals surface area (Å²) in [5.41, 5.74) is 3.39. The van der Waals surface area contributed by atoms with Gasteiger partial charge in [-0.15, -0.1) is 0 Å². The lowest BCUT2D eigenvalue weighted by atomic mass is 9.89. The van der Waals surface area contributed by atoms with E-state index in [1.54, 1.807) is 0 Å². The number of rotatable bonds is 7. The molecule has 2 rings (SSSR count). The molecule has 0 N–H and O–H groups in total. The Labute approximate surface area is 128 Å². The summed E-state index contributed by atoms with van der Waals surface area (Å²) in [5, 5.41) is 0. The largest absolute Gasteiger partial charge is 0.294 e. The minimum atomic E-state index is 0.287. The van der Waals surface area contributed by atoms with E-state index in [4.69, 9.17) is 0 Å². The van der Waals surface area contributed by atoms with Crippen molar-refractivity contribution in [3.05, 3.63) is 71.3 Å². The molecule has 0 aliphatic carbocycles. The van der Waals surface area contributed by atoms with Crippen LogP contribution >= 0.6 is 0 Å². The van der Waals surface area contributed by atoms with Gasteiger partial charge in [0.15, 0.2) is 5.78 Å². The predicted molar refractivity (Wildman–Crippen MR) is 88.7 cm³/mol. The van der Waals surface area contributed by atoms with Crippen LogP contribution in [0.1, 0.15) is 48.2 Å². The monoisotopic (exact) mass is 280 g/mol. The summed E-state index contributed by atoms with van der Waals surface area (Å²) in [6, 6.07) is 18.5. The molecule has 0 aliphatic rings. The maximum Gasteiger partial charge on any atom is 0.163 e. The summed E-state index contributed by atoms with van der Waals surface area (Å²) in [4.78, 5) is 12.6. The van der Waals surface area contributed by atoms with Crippen molar-refractivity contribution in [1.82, 2.24) is 0 Å². The molecule has 2 aromatic rings. The SMILES string of the molecule is CCc1ccccc1C(=O)CC(CC)Cc1ccccc1. The zero-order chi connectivity index (χ0) is 15.1. The average molecular weight is 280 g/mol. The fourth-order valence-corrected chi connectivity index (χ4v) is 2.78. The highest BCUT2D eigenvalue weighted by Gasteiger charge is 2.16. The van der Waals surface area contributed by atoms with Gasteiger partial charge in [-0.1, -0.05) is 74.9 Å². The van der Waals surface area contributed by atoms with E-state index in [-0.39, 0.29) is 5.78 Å². The molecule has 110 valence electrons. The molecule has 0 aliphatic heterocycles. The first kappa shape index (κ1) is 15.5. The fourth-order valence-electron chi connectivity index (χ4n) is 2.78. The molecule has 1 atom stereocenters. The molecule has 1 unspecified atom stereocenters. The quantitative estimate of drug-likeness (QED) is 0.646. The molecule has 21 heavy (non-hydrogen) atoms. The molecule has 0 bridgehead atoms. The zero-order valence-electron chi connectivity index (χ0n) is 13.0. The van der Waals surface area contributed by atoms with Gasteiger partial charge in [0.05, 0.1) is 0 Å². The molecule has 0 amide bonds. The van der Waals surface area contributed by atoms with Crippen molar-refractivity contribution in [2.45, 2.75) is 39.5 Å². The smallest absolute Gasteiger partial charge is 0.163 e. The van der Waals surface area contributed by atoms with E-state index in [9.17, 15) is 4.79 Å². The Morgan fingerprint density at radius 1 is 0.952 bits per heavy atom. The van der Waals surface area contributed by atoms with Crippen molar-refractivity contribution in [2.24, 2.45) is 5.92 Å². The number of carbonyl (C=O) groups is 1. The molecular weight excluding hydrogens is 256 g/mol. The van der Waals surface area contributed by atoms with Crippen LogP contribution < -0.4 is 0 Å². The highest BCUT2D eigenvalue weighted by atomic mass is 16.1. The van der Waals surface area contributed by atoms with Gasteiger partial charge >= 0.3 is 0 Å². The zero-order valence-corrected chi connectivity index (χ0v) is 13.0. The van der Waals surface area contributed by atoms with Crippen molar-refractivity contribution in [1.29, 1.82) is 0 Å². The lowest BCUT2D eigenvalue weighted by molar-refractivity contribution is 0.0959. The number of hydrogen-bond acceptors (Lipinski definition) is 1. The summed E-state index contributed by atoms with van der Waals surface area (Å²) < 4.78 is 0. The van der Waals surface area contributed by atoms with Gasteiger partial charge in [0.25, 0.3) is 0 Å². The molecule has 1 nitrogen and oxygen atoms in total. The maximum absolute atomic E-state index is 12.6. The van der Waals surface area contributed by atoms with Gasteiger partial charge in [-0.05, 0) is 29.9 Å². The number of ketones is 1. The molecule has 1 heteroatoms. The molecule has 2 aromatic carbocycles. The van der Waals surface area contributed by atoms with Crippen LogP contribution in [0.4, 0.5) is 0 Å². The van der Waals surface area contributed by atoms with Gasteiger partial charge in [-0.3, -0.25) is 4.79 Å². The highest BCUT2D eigenvalue weighted by Crippen LogP contribution is 2.20. The van der Waals surface area contributed by atoms with E-state index < -0.39 is 0 Å². The van der Waals surface area contributed by atoms with E-state index in [2.05, 4.69) is 44.2 Å². The molecule has 0 aromatic heterocycles. The lowest BCUT2D eigenvalue weighted by Crippen LogP contribution is -2.12. The lowest BCUT2D eigenvalue weighted by Gasteiger charge is -2.15. The Kier molecular flexibility index (Phi) is 5.74. The Hall–Kier alpha value is -1.89. The third-order valence-corrected chi connectivity index (χ3v) is 4.12. The summed E-state index contributed by atoms with van der Waals surface area (Å²) in [6.07, 6.45) is 3.58. The fraction of sp³-hybridized carbons (Fsp3) is 0.350. The molecule has 0 fully saturated rings. The van der Waals surface area contributed by atoms with Crippen LogP contribution in [-0.2, 0) is 12.8 Å². The Balaban J connectivity index is 2.06. The maximum atomic E-state index is 12.6. The van der Waals surface area contributed by atoms with Crippen molar-refractivity contribution >= 4 is 5.78 Å². The highest BCUT2D eigenvalue weighted by molar-refractivity contribution is 5.97. The van der Waals surface area contributed by atoms with Crippen LogP contribution in [-0.4, -0.2) is 5.78 Å². The van der Waals surface area contributed by atoms with E-state index in [0.717, 1.165) is 30.4 Å². The summed E-state index contributed by atoms with van der Waals surface area (Å²) >= 11 is 0. The molecule has 0 saturated heterocycles. The molecule has 0 radical (unpaired) electrons. The van der Waals surface area contributed by atoms with Crippen molar-refractivity contribution < 1.29 is 4.79 Å². The summed E-state index contributed by atoms with van der Waals surface area (Å²) in [7, 11) is 0. The second-order valence-electron chi connectivity index (χ2n) is 5.60.